The fourth-order valence-corrected chi connectivity index (χ4v) is 3.17. The van der Waals surface area contributed by atoms with Gasteiger partial charge in [-0.15, -0.1) is 0 Å². The summed E-state index contributed by atoms with van der Waals surface area (Å²) in [5.41, 5.74) is 3.31. The number of hydrogen-bond donors (Lipinski definition) is 1. The largest absolute Gasteiger partial charge is 0.301 e. The van der Waals surface area contributed by atoms with Crippen LogP contribution in [0.15, 0.2) is 23.3 Å². The van der Waals surface area contributed by atoms with Crippen LogP contribution in [-0.4, -0.2) is 15.6 Å². The molecule has 1 N–H and O–H groups in total. The number of hydrazone groups is 1. The third-order valence-corrected chi connectivity index (χ3v) is 4.22. The Morgan fingerprint density at radius 1 is 1.19 bits per heavy atom. The average Bonchev–Trinajstić information content (AvgIpc) is 3.07. The molecule has 0 aliphatic heterocycles. The lowest BCUT2D eigenvalue weighted by molar-refractivity contribution is -0.393. The van der Waals surface area contributed by atoms with Gasteiger partial charge >= 0.3 is 5.69 Å². The molecule has 21 heavy (non-hydrogen) atoms. The van der Waals surface area contributed by atoms with Gasteiger partial charge in [-0.25, -0.2) is 0 Å². The van der Waals surface area contributed by atoms with Crippen LogP contribution in [0.25, 0.3) is 0 Å². The quantitative estimate of drug-likeness (QED) is 0.676. The number of nitrogens with one attached hydrogen (secondary N) is 1. The van der Waals surface area contributed by atoms with Crippen molar-refractivity contribution in [3.63, 3.8) is 0 Å². The molecule has 1 aromatic carbocycles. The molecule has 2 aliphatic rings. The molecule has 0 amide bonds. The maximum absolute atomic E-state index is 11.0. The third kappa shape index (κ3) is 2.56. The van der Waals surface area contributed by atoms with Crippen LogP contribution in [0.5, 0.6) is 0 Å². The molecule has 0 aromatic heterocycles. The van der Waals surface area contributed by atoms with E-state index in [2.05, 4.69) is 10.5 Å². The van der Waals surface area contributed by atoms with Crippen molar-refractivity contribution in [1.82, 2.24) is 0 Å². The predicted molar refractivity (Wildman–Crippen MR) is 76.3 cm³/mol. The Balaban J connectivity index is 1.83. The summed E-state index contributed by atoms with van der Waals surface area (Å²) in [5, 5.41) is 26.0. The number of nitro groups is 2. The van der Waals surface area contributed by atoms with E-state index >= 15 is 0 Å². The van der Waals surface area contributed by atoms with E-state index in [0.29, 0.717) is 11.8 Å². The molecular formula is C13H14N4O4. The van der Waals surface area contributed by atoms with Crippen LogP contribution < -0.4 is 5.43 Å². The predicted octanol–water partition coefficient (Wildman–Crippen LogP) is 3.09. The Labute approximate surface area is 120 Å². The van der Waals surface area contributed by atoms with Gasteiger partial charge in [-0.1, -0.05) is 0 Å². The lowest BCUT2D eigenvalue weighted by Gasteiger charge is -2.12. The van der Waals surface area contributed by atoms with Gasteiger partial charge in [0.1, 0.15) is 5.69 Å². The lowest BCUT2D eigenvalue weighted by atomic mass is 9.99. The SMILES string of the molecule is O=[N+]([O-])c1ccc(N/N=C2/CC3CCC2C3)c([N+](=O)[O-])c1. The highest BCUT2D eigenvalue weighted by Crippen LogP contribution is 2.42. The number of fused-ring (bicyclic) bond motifs is 2. The van der Waals surface area contributed by atoms with Crippen LogP contribution >= 0.6 is 0 Å². The summed E-state index contributed by atoms with van der Waals surface area (Å²) in [6, 6.07) is 3.51. The maximum atomic E-state index is 11.0. The molecule has 3 rings (SSSR count). The van der Waals surface area contributed by atoms with Gasteiger partial charge in [0.15, 0.2) is 0 Å². The number of hydrogen-bond acceptors (Lipinski definition) is 6. The maximum Gasteiger partial charge on any atom is 0.301 e. The zero-order chi connectivity index (χ0) is 15.0. The van der Waals surface area contributed by atoms with E-state index < -0.39 is 9.85 Å². The number of anilines is 1. The van der Waals surface area contributed by atoms with Crippen molar-refractivity contribution < 1.29 is 9.85 Å². The molecule has 0 saturated heterocycles. The summed E-state index contributed by atoms with van der Waals surface area (Å²) in [6.45, 7) is 0. The number of non-ortho nitro benzene ring substituents is 1. The van der Waals surface area contributed by atoms with E-state index in [-0.39, 0.29) is 17.1 Å². The van der Waals surface area contributed by atoms with E-state index in [4.69, 9.17) is 0 Å². The van der Waals surface area contributed by atoms with Gasteiger partial charge in [0.05, 0.1) is 15.9 Å². The summed E-state index contributed by atoms with van der Waals surface area (Å²) in [4.78, 5) is 20.4. The second-order valence-electron chi connectivity index (χ2n) is 5.51. The minimum Gasteiger partial charge on any atom is -0.272 e. The monoisotopic (exact) mass is 290 g/mol. The molecule has 0 heterocycles. The number of benzene rings is 1. The minimum atomic E-state index is -0.654. The van der Waals surface area contributed by atoms with Gasteiger partial charge in [-0.3, -0.25) is 25.7 Å². The topological polar surface area (TPSA) is 111 Å². The van der Waals surface area contributed by atoms with Gasteiger partial charge in [-0.2, -0.15) is 5.10 Å². The summed E-state index contributed by atoms with van der Waals surface area (Å²) in [7, 11) is 0. The average molecular weight is 290 g/mol. The van der Waals surface area contributed by atoms with Crippen LogP contribution in [0, 0.1) is 32.1 Å². The van der Waals surface area contributed by atoms with Gasteiger partial charge < -0.3 is 0 Å². The van der Waals surface area contributed by atoms with Crippen molar-refractivity contribution in [3.05, 3.63) is 38.4 Å². The Morgan fingerprint density at radius 2 is 2.00 bits per heavy atom. The Hall–Kier alpha value is -2.51. The highest BCUT2D eigenvalue weighted by atomic mass is 16.6. The van der Waals surface area contributed by atoms with Crippen LogP contribution in [0.4, 0.5) is 17.1 Å². The Bertz CT molecular complexity index is 643. The van der Waals surface area contributed by atoms with Crippen LogP contribution in [0.3, 0.4) is 0 Å². The van der Waals surface area contributed by atoms with E-state index in [1.54, 1.807) is 0 Å². The van der Waals surface area contributed by atoms with Gasteiger partial charge in [0, 0.05) is 11.8 Å². The Morgan fingerprint density at radius 3 is 2.57 bits per heavy atom. The summed E-state index contributed by atoms with van der Waals surface area (Å²) >= 11 is 0. The highest BCUT2D eigenvalue weighted by molar-refractivity contribution is 5.90. The molecule has 2 aliphatic carbocycles. The molecule has 2 unspecified atom stereocenters. The van der Waals surface area contributed by atoms with Crippen LogP contribution in [-0.2, 0) is 0 Å². The van der Waals surface area contributed by atoms with E-state index in [1.165, 1.54) is 18.6 Å². The smallest absolute Gasteiger partial charge is 0.272 e. The second kappa shape index (κ2) is 5.12. The number of rotatable bonds is 4. The molecule has 2 fully saturated rings. The van der Waals surface area contributed by atoms with Crippen molar-refractivity contribution in [3.8, 4) is 0 Å². The van der Waals surface area contributed by atoms with Crippen molar-refractivity contribution in [2.45, 2.75) is 25.7 Å². The fourth-order valence-electron chi connectivity index (χ4n) is 3.17. The lowest BCUT2D eigenvalue weighted by Crippen LogP contribution is -2.11. The zero-order valence-corrected chi connectivity index (χ0v) is 11.2. The fraction of sp³-hybridized carbons (Fsp3) is 0.462. The second-order valence-corrected chi connectivity index (χ2v) is 5.51. The highest BCUT2D eigenvalue weighted by Gasteiger charge is 2.36. The third-order valence-electron chi connectivity index (χ3n) is 4.22. The minimum absolute atomic E-state index is 0.181. The standard InChI is InChI=1S/C13H14N4O4/c18-16(19)10-3-4-11(13(7-10)17(20)21)14-15-12-6-8-1-2-9(12)5-8/h3-4,7-9,14H,1-2,5-6H2/b15-12-. The normalized spacial score (nSPS) is 25.2. The van der Waals surface area contributed by atoms with Crippen molar-refractivity contribution in [2.24, 2.45) is 16.9 Å². The van der Waals surface area contributed by atoms with E-state index in [9.17, 15) is 20.2 Å². The first-order valence-electron chi connectivity index (χ1n) is 6.80. The van der Waals surface area contributed by atoms with Crippen molar-refractivity contribution >= 4 is 22.8 Å². The number of nitrogens with zero attached hydrogens (tertiary/aromatic N) is 3. The molecule has 2 bridgehead atoms. The molecule has 8 nitrogen and oxygen atoms in total. The molecule has 110 valence electrons. The molecular weight excluding hydrogens is 276 g/mol. The molecule has 0 radical (unpaired) electrons. The first-order valence-corrected chi connectivity index (χ1v) is 6.80. The molecule has 0 spiro atoms. The van der Waals surface area contributed by atoms with E-state index in [0.717, 1.165) is 31.0 Å². The van der Waals surface area contributed by atoms with Gasteiger partial charge in [0.2, 0.25) is 0 Å². The first kappa shape index (κ1) is 13.5. The van der Waals surface area contributed by atoms with Crippen LogP contribution in [0.2, 0.25) is 0 Å². The molecule has 8 heteroatoms. The van der Waals surface area contributed by atoms with E-state index in [1.807, 2.05) is 0 Å². The van der Waals surface area contributed by atoms with Crippen LogP contribution in [0.1, 0.15) is 25.7 Å². The van der Waals surface area contributed by atoms with Crippen molar-refractivity contribution in [1.29, 1.82) is 0 Å². The molecule has 1 aromatic rings. The summed E-state index contributed by atoms with van der Waals surface area (Å²) in [6.07, 6.45) is 4.47. The first-order chi connectivity index (χ1) is 10.0. The Kier molecular flexibility index (Phi) is 3.28. The molecule has 2 atom stereocenters. The van der Waals surface area contributed by atoms with Gasteiger partial charge in [-0.05, 0) is 43.6 Å². The van der Waals surface area contributed by atoms with Crippen molar-refractivity contribution in [2.75, 3.05) is 5.43 Å². The zero-order valence-electron chi connectivity index (χ0n) is 11.2. The summed E-state index contributed by atoms with van der Waals surface area (Å²) < 4.78 is 0. The van der Waals surface area contributed by atoms with Gasteiger partial charge in [0.25, 0.3) is 5.69 Å². The number of nitro benzene ring substituents is 2. The summed E-state index contributed by atoms with van der Waals surface area (Å²) in [5.74, 6) is 1.18. The molecule has 2 saturated carbocycles.